The molecule has 1 unspecified atom stereocenters. The number of Topliss-reactive ketones (excluding diaryl/α,β-unsaturated/α-hetero) is 1. The summed E-state index contributed by atoms with van der Waals surface area (Å²) in [6, 6.07) is 10.4. The molecular formula is C15H21NO2. The molecule has 0 saturated carbocycles. The fourth-order valence-electron chi connectivity index (χ4n) is 2.31. The Hall–Kier alpha value is -1.19. The fourth-order valence-corrected chi connectivity index (χ4v) is 2.31. The second kappa shape index (κ2) is 6.66. The number of rotatable bonds is 5. The summed E-state index contributed by atoms with van der Waals surface area (Å²) in [6.07, 6.45) is 0.577. The smallest absolute Gasteiger partial charge is 0.141 e. The second-order valence-corrected chi connectivity index (χ2v) is 4.80. The van der Waals surface area contributed by atoms with Crippen LogP contribution in [0.4, 0.5) is 0 Å². The van der Waals surface area contributed by atoms with E-state index in [1.807, 2.05) is 6.07 Å². The van der Waals surface area contributed by atoms with Crippen molar-refractivity contribution in [2.45, 2.75) is 19.9 Å². The van der Waals surface area contributed by atoms with Gasteiger partial charge in [0.25, 0.3) is 0 Å². The first kappa shape index (κ1) is 13.2. The molecular weight excluding hydrogens is 226 g/mol. The molecule has 0 aromatic heterocycles. The summed E-state index contributed by atoms with van der Waals surface area (Å²) in [5, 5.41) is 0. The van der Waals surface area contributed by atoms with Gasteiger partial charge in [-0.25, -0.2) is 0 Å². The van der Waals surface area contributed by atoms with Crippen molar-refractivity contribution in [2.24, 2.45) is 5.92 Å². The molecule has 0 aliphatic carbocycles. The molecule has 2 rings (SSSR count). The van der Waals surface area contributed by atoms with Crippen molar-refractivity contribution in [3.05, 3.63) is 35.9 Å². The number of ketones is 1. The Morgan fingerprint density at radius 1 is 1.33 bits per heavy atom. The second-order valence-electron chi connectivity index (χ2n) is 4.80. The average Bonchev–Trinajstić information content (AvgIpc) is 2.41. The summed E-state index contributed by atoms with van der Waals surface area (Å²) in [7, 11) is 0. The maximum Gasteiger partial charge on any atom is 0.141 e. The Balaban J connectivity index is 1.90. The molecule has 18 heavy (non-hydrogen) atoms. The number of hydrogen-bond acceptors (Lipinski definition) is 3. The quantitative estimate of drug-likeness (QED) is 0.798. The molecule has 1 heterocycles. The lowest BCUT2D eigenvalue weighted by atomic mass is 10.00. The maximum atomic E-state index is 11.8. The van der Waals surface area contributed by atoms with E-state index >= 15 is 0 Å². The van der Waals surface area contributed by atoms with Crippen LogP contribution in [-0.2, 0) is 16.1 Å². The Kier molecular flexibility index (Phi) is 4.90. The van der Waals surface area contributed by atoms with Crippen molar-refractivity contribution >= 4 is 5.78 Å². The molecule has 1 aromatic rings. The van der Waals surface area contributed by atoms with E-state index in [2.05, 4.69) is 36.1 Å². The minimum absolute atomic E-state index is 0.0578. The van der Waals surface area contributed by atoms with E-state index in [-0.39, 0.29) is 5.92 Å². The van der Waals surface area contributed by atoms with E-state index < -0.39 is 0 Å². The van der Waals surface area contributed by atoms with Crippen LogP contribution < -0.4 is 0 Å². The number of ether oxygens (including phenoxy) is 1. The highest BCUT2D eigenvalue weighted by atomic mass is 16.5. The van der Waals surface area contributed by atoms with Crippen LogP contribution in [0.2, 0.25) is 0 Å². The van der Waals surface area contributed by atoms with Crippen LogP contribution in [0.25, 0.3) is 0 Å². The van der Waals surface area contributed by atoms with Crippen LogP contribution in [0.1, 0.15) is 18.9 Å². The Morgan fingerprint density at radius 3 is 2.78 bits per heavy atom. The molecule has 98 valence electrons. The molecule has 1 atom stereocenters. The highest BCUT2D eigenvalue weighted by Crippen LogP contribution is 2.13. The molecule has 3 heteroatoms. The molecule has 0 amide bonds. The van der Waals surface area contributed by atoms with Gasteiger partial charge < -0.3 is 4.74 Å². The highest BCUT2D eigenvalue weighted by Gasteiger charge is 2.24. The molecule has 0 radical (unpaired) electrons. The van der Waals surface area contributed by atoms with Gasteiger partial charge in [-0.3, -0.25) is 9.69 Å². The predicted octanol–water partition coefficient (Wildman–Crippen LogP) is 2.11. The zero-order chi connectivity index (χ0) is 12.8. The van der Waals surface area contributed by atoms with Crippen molar-refractivity contribution in [1.82, 2.24) is 4.90 Å². The van der Waals surface area contributed by atoms with E-state index in [9.17, 15) is 4.79 Å². The van der Waals surface area contributed by atoms with Gasteiger partial charge in [0.05, 0.1) is 19.1 Å². The summed E-state index contributed by atoms with van der Waals surface area (Å²) < 4.78 is 5.40. The normalized spacial score (nSPS) is 20.3. The molecule has 0 N–H and O–H groups in total. The van der Waals surface area contributed by atoms with Gasteiger partial charge in [-0.15, -0.1) is 0 Å². The summed E-state index contributed by atoms with van der Waals surface area (Å²) in [5.41, 5.74) is 1.29. The van der Waals surface area contributed by atoms with Crippen LogP contribution in [0.5, 0.6) is 0 Å². The van der Waals surface area contributed by atoms with Gasteiger partial charge in [0.15, 0.2) is 0 Å². The first-order valence-electron chi connectivity index (χ1n) is 6.66. The zero-order valence-electron chi connectivity index (χ0n) is 11.0. The molecule has 1 saturated heterocycles. The van der Waals surface area contributed by atoms with Crippen LogP contribution in [-0.4, -0.2) is 37.0 Å². The van der Waals surface area contributed by atoms with Gasteiger partial charge in [-0.2, -0.15) is 0 Å². The van der Waals surface area contributed by atoms with Crippen LogP contribution in [0.3, 0.4) is 0 Å². The molecule has 3 nitrogen and oxygen atoms in total. The summed E-state index contributed by atoms with van der Waals surface area (Å²) >= 11 is 0. The van der Waals surface area contributed by atoms with Crippen molar-refractivity contribution in [1.29, 1.82) is 0 Å². The minimum atomic E-state index is 0.0578. The number of nitrogens with zero attached hydrogens (tertiary/aromatic N) is 1. The minimum Gasteiger partial charge on any atom is -0.380 e. The maximum absolute atomic E-state index is 11.8. The van der Waals surface area contributed by atoms with E-state index in [0.29, 0.717) is 25.4 Å². The van der Waals surface area contributed by atoms with Crippen LogP contribution in [0.15, 0.2) is 30.3 Å². The van der Waals surface area contributed by atoms with Gasteiger partial charge in [-0.1, -0.05) is 37.3 Å². The summed E-state index contributed by atoms with van der Waals surface area (Å²) in [5.74, 6) is 0.412. The van der Waals surface area contributed by atoms with Gasteiger partial charge in [0.2, 0.25) is 0 Å². The topological polar surface area (TPSA) is 29.5 Å². The SMILES string of the molecule is CCN(Cc1ccccc1)CC1COCCC1=O. The fraction of sp³-hybridized carbons (Fsp3) is 0.533. The van der Waals surface area contributed by atoms with Crippen molar-refractivity contribution in [2.75, 3.05) is 26.3 Å². The highest BCUT2D eigenvalue weighted by molar-refractivity contribution is 5.82. The van der Waals surface area contributed by atoms with E-state index in [0.717, 1.165) is 19.6 Å². The third kappa shape index (κ3) is 3.65. The third-order valence-electron chi connectivity index (χ3n) is 3.44. The van der Waals surface area contributed by atoms with Crippen molar-refractivity contribution < 1.29 is 9.53 Å². The number of benzene rings is 1. The zero-order valence-corrected chi connectivity index (χ0v) is 11.0. The lowest BCUT2D eigenvalue weighted by molar-refractivity contribution is -0.131. The van der Waals surface area contributed by atoms with E-state index in [1.54, 1.807) is 0 Å². The monoisotopic (exact) mass is 247 g/mol. The van der Waals surface area contributed by atoms with Crippen molar-refractivity contribution in [3.8, 4) is 0 Å². The number of hydrogen-bond donors (Lipinski definition) is 0. The van der Waals surface area contributed by atoms with Gasteiger partial charge in [0, 0.05) is 19.5 Å². The Morgan fingerprint density at radius 2 is 2.11 bits per heavy atom. The molecule has 0 bridgehead atoms. The predicted molar refractivity (Wildman–Crippen MR) is 71.3 cm³/mol. The van der Waals surface area contributed by atoms with E-state index in [4.69, 9.17) is 4.74 Å². The standard InChI is InChI=1S/C15H21NO2/c1-2-16(10-13-6-4-3-5-7-13)11-14-12-18-9-8-15(14)17/h3-7,14H,2,8-12H2,1H3. The van der Waals surface area contributed by atoms with Gasteiger partial charge in [-0.05, 0) is 12.1 Å². The van der Waals surface area contributed by atoms with Crippen molar-refractivity contribution in [3.63, 3.8) is 0 Å². The van der Waals surface area contributed by atoms with Crippen LogP contribution >= 0.6 is 0 Å². The summed E-state index contributed by atoms with van der Waals surface area (Å²) in [4.78, 5) is 14.1. The van der Waals surface area contributed by atoms with Gasteiger partial charge >= 0.3 is 0 Å². The Bertz CT molecular complexity index is 377. The number of carbonyl (C=O) groups is 1. The molecule has 0 spiro atoms. The first-order chi connectivity index (χ1) is 8.79. The Labute approximate surface area is 109 Å². The van der Waals surface area contributed by atoms with E-state index in [1.165, 1.54) is 5.56 Å². The van der Waals surface area contributed by atoms with Crippen LogP contribution in [0, 0.1) is 5.92 Å². The third-order valence-corrected chi connectivity index (χ3v) is 3.44. The largest absolute Gasteiger partial charge is 0.380 e. The summed E-state index contributed by atoms with van der Waals surface area (Å²) in [6.45, 7) is 5.99. The number of carbonyl (C=O) groups excluding carboxylic acids is 1. The average molecular weight is 247 g/mol. The lowest BCUT2D eigenvalue weighted by Crippen LogP contribution is -2.38. The van der Waals surface area contributed by atoms with Gasteiger partial charge in [0.1, 0.15) is 5.78 Å². The lowest BCUT2D eigenvalue weighted by Gasteiger charge is -2.28. The molecule has 1 fully saturated rings. The molecule has 1 aliphatic heterocycles. The molecule has 1 aromatic carbocycles. The molecule has 1 aliphatic rings. The first-order valence-corrected chi connectivity index (χ1v) is 6.66.